The molecule has 2 rings (SSSR count). The monoisotopic (exact) mass is 330 g/mol. The van der Waals surface area contributed by atoms with Crippen molar-refractivity contribution < 1.29 is 13.2 Å². The molecule has 0 aromatic heterocycles. The molecule has 0 radical (unpaired) electrons. The summed E-state index contributed by atoms with van der Waals surface area (Å²) in [6.45, 7) is 3.32. The van der Waals surface area contributed by atoms with E-state index in [1.165, 1.54) is 18.2 Å². The summed E-state index contributed by atoms with van der Waals surface area (Å²) in [4.78, 5) is 14.2. The van der Waals surface area contributed by atoms with Crippen LogP contribution in [-0.2, 0) is 10.0 Å². The van der Waals surface area contributed by atoms with Crippen molar-refractivity contribution in [3.8, 4) is 0 Å². The van der Waals surface area contributed by atoms with Crippen LogP contribution >= 0.6 is 11.6 Å². The first kappa shape index (κ1) is 16.3. The maximum absolute atomic E-state index is 12.6. The first-order valence-corrected chi connectivity index (χ1v) is 8.87. The molecule has 7 heteroatoms. The Kier molecular flexibility index (Phi) is 4.91. The zero-order chi connectivity index (χ0) is 15.6. The molecule has 0 atom stereocenters. The third-order valence-electron chi connectivity index (χ3n) is 3.45. The maximum Gasteiger partial charge on any atom is 0.255 e. The molecule has 116 valence electrons. The summed E-state index contributed by atoms with van der Waals surface area (Å²) in [5.41, 5.74) is 0.192. The van der Waals surface area contributed by atoms with Gasteiger partial charge in [0.25, 0.3) is 5.91 Å². The summed E-state index contributed by atoms with van der Waals surface area (Å²) < 4.78 is 22.8. The molecule has 5 nitrogen and oxygen atoms in total. The summed E-state index contributed by atoms with van der Waals surface area (Å²) in [6, 6.07) is 3.96. The van der Waals surface area contributed by atoms with Crippen LogP contribution in [-0.4, -0.2) is 32.3 Å². The molecule has 1 aromatic rings. The van der Waals surface area contributed by atoms with Crippen molar-refractivity contribution in [1.82, 2.24) is 4.90 Å². The van der Waals surface area contributed by atoms with Gasteiger partial charge in [0, 0.05) is 13.1 Å². The summed E-state index contributed by atoms with van der Waals surface area (Å²) in [7, 11) is -3.85. The lowest BCUT2D eigenvalue weighted by molar-refractivity contribution is 0.0747. The Morgan fingerprint density at radius 1 is 1.43 bits per heavy atom. The summed E-state index contributed by atoms with van der Waals surface area (Å²) in [5.74, 6) is 0.319. The highest BCUT2D eigenvalue weighted by Crippen LogP contribution is 2.31. The highest BCUT2D eigenvalue weighted by molar-refractivity contribution is 7.89. The molecule has 0 heterocycles. The number of carbonyl (C=O) groups is 1. The van der Waals surface area contributed by atoms with E-state index in [2.05, 4.69) is 0 Å². The lowest BCUT2D eigenvalue weighted by Crippen LogP contribution is -2.34. The molecule has 0 unspecified atom stereocenters. The van der Waals surface area contributed by atoms with Crippen LogP contribution in [0.5, 0.6) is 0 Å². The molecule has 0 bridgehead atoms. The van der Waals surface area contributed by atoms with Crippen LogP contribution in [0.3, 0.4) is 0 Å². The lowest BCUT2D eigenvalue weighted by atomic mass is 10.2. The first-order chi connectivity index (χ1) is 9.82. The lowest BCUT2D eigenvalue weighted by Gasteiger charge is -2.22. The van der Waals surface area contributed by atoms with Crippen molar-refractivity contribution >= 4 is 27.5 Å². The van der Waals surface area contributed by atoms with Gasteiger partial charge in [0.2, 0.25) is 10.0 Å². The van der Waals surface area contributed by atoms with Crippen LogP contribution < -0.4 is 5.14 Å². The van der Waals surface area contributed by atoms with Crippen LogP contribution in [0.25, 0.3) is 0 Å². The van der Waals surface area contributed by atoms with E-state index in [0.29, 0.717) is 19.0 Å². The molecule has 1 fully saturated rings. The Balaban J connectivity index is 2.31. The topological polar surface area (TPSA) is 80.5 Å². The summed E-state index contributed by atoms with van der Waals surface area (Å²) in [5, 5.41) is 5.35. The Morgan fingerprint density at radius 2 is 2.10 bits per heavy atom. The molecule has 1 amide bonds. The predicted molar refractivity (Wildman–Crippen MR) is 81.7 cm³/mol. The van der Waals surface area contributed by atoms with E-state index in [9.17, 15) is 13.2 Å². The van der Waals surface area contributed by atoms with E-state index in [0.717, 1.165) is 19.3 Å². The van der Waals surface area contributed by atoms with Gasteiger partial charge >= 0.3 is 0 Å². The summed E-state index contributed by atoms with van der Waals surface area (Å²) >= 11 is 6.05. The normalized spacial score (nSPS) is 15.0. The van der Waals surface area contributed by atoms with Crippen molar-refractivity contribution in [2.24, 2.45) is 11.1 Å². The number of halogens is 1. The van der Waals surface area contributed by atoms with E-state index >= 15 is 0 Å². The van der Waals surface area contributed by atoms with Gasteiger partial charge in [-0.25, -0.2) is 13.6 Å². The van der Waals surface area contributed by atoms with Crippen LogP contribution in [0.4, 0.5) is 0 Å². The quantitative estimate of drug-likeness (QED) is 0.868. The molecular weight excluding hydrogens is 312 g/mol. The molecule has 1 saturated carbocycles. The number of amides is 1. The van der Waals surface area contributed by atoms with E-state index in [1.54, 1.807) is 4.90 Å². The number of sulfonamides is 1. The molecule has 1 aromatic carbocycles. The Morgan fingerprint density at radius 3 is 2.62 bits per heavy atom. The zero-order valence-corrected chi connectivity index (χ0v) is 13.5. The molecular formula is C14H19ClN2O3S. The van der Waals surface area contributed by atoms with Crippen LogP contribution in [0.15, 0.2) is 23.1 Å². The molecule has 0 saturated heterocycles. The molecule has 1 aliphatic rings. The number of hydrogen-bond donors (Lipinski definition) is 1. The molecule has 1 aliphatic carbocycles. The molecule has 21 heavy (non-hydrogen) atoms. The number of nitrogens with zero attached hydrogens (tertiary/aromatic N) is 1. The van der Waals surface area contributed by atoms with Gasteiger partial charge in [-0.3, -0.25) is 4.79 Å². The number of nitrogens with two attached hydrogens (primary N) is 1. The van der Waals surface area contributed by atoms with Gasteiger partial charge in [0.1, 0.15) is 0 Å². The van der Waals surface area contributed by atoms with Gasteiger partial charge in [0.05, 0.1) is 15.5 Å². The number of carbonyl (C=O) groups excluding carboxylic acids is 1. The first-order valence-electron chi connectivity index (χ1n) is 6.94. The largest absolute Gasteiger partial charge is 0.338 e. The third kappa shape index (κ3) is 4.18. The SMILES string of the molecule is CCCN(CC1CC1)C(=O)c1cc(S(N)(=O)=O)ccc1Cl. The van der Waals surface area contributed by atoms with Gasteiger partial charge in [-0.05, 0) is 43.4 Å². The maximum atomic E-state index is 12.6. The minimum absolute atomic E-state index is 0.0990. The fourth-order valence-electron chi connectivity index (χ4n) is 2.17. The van der Waals surface area contributed by atoms with Crippen molar-refractivity contribution in [1.29, 1.82) is 0 Å². The fraction of sp³-hybridized carbons (Fsp3) is 0.500. The highest BCUT2D eigenvalue weighted by Gasteiger charge is 2.28. The van der Waals surface area contributed by atoms with Crippen LogP contribution in [0.1, 0.15) is 36.5 Å². The van der Waals surface area contributed by atoms with Gasteiger partial charge in [-0.1, -0.05) is 18.5 Å². The Hall–Kier alpha value is -1.11. The van der Waals surface area contributed by atoms with Crippen molar-refractivity contribution in [3.63, 3.8) is 0 Å². The Labute approximate surface area is 130 Å². The average Bonchev–Trinajstić information content (AvgIpc) is 3.20. The van der Waals surface area contributed by atoms with E-state index in [-0.39, 0.29) is 21.4 Å². The van der Waals surface area contributed by atoms with E-state index in [1.807, 2.05) is 6.92 Å². The van der Waals surface area contributed by atoms with Gasteiger partial charge in [-0.15, -0.1) is 0 Å². The van der Waals surface area contributed by atoms with Crippen LogP contribution in [0, 0.1) is 5.92 Å². The van der Waals surface area contributed by atoms with Gasteiger partial charge < -0.3 is 4.90 Å². The molecule has 2 N–H and O–H groups in total. The zero-order valence-electron chi connectivity index (χ0n) is 11.9. The van der Waals surface area contributed by atoms with Crippen molar-refractivity contribution in [2.45, 2.75) is 31.1 Å². The third-order valence-corrected chi connectivity index (χ3v) is 4.69. The van der Waals surface area contributed by atoms with Gasteiger partial charge in [-0.2, -0.15) is 0 Å². The van der Waals surface area contributed by atoms with E-state index in [4.69, 9.17) is 16.7 Å². The smallest absolute Gasteiger partial charge is 0.255 e. The van der Waals surface area contributed by atoms with E-state index < -0.39 is 10.0 Å². The predicted octanol–water partition coefficient (Wildman–Crippen LogP) is 2.25. The highest BCUT2D eigenvalue weighted by atomic mass is 35.5. The number of rotatable bonds is 6. The average molecular weight is 331 g/mol. The van der Waals surface area contributed by atoms with Crippen LogP contribution in [0.2, 0.25) is 5.02 Å². The standard InChI is InChI=1S/C14H19ClN2O3S/c1-2-7-17(9-10-3-4-10)14(18)12-8-11(21(16,19)20)5-6-13(12)15/h5-6,8,10H,2-4,7,9H2,1H3,(H2,16,19,20). The second kappa shape index (κ2) is 6.34. The number of benzene rings is 1. The van der Waals surface area contributed by atoms with Crippen molar-refractivity contribution in [3.05, 3.63) is 28.8 Å². The number of primary sulfonamides is 1. The minimum Gasteiger partial charge on any atom is -0.338 e. The minimum atomic E-state index is -3.85. The second-order valence-corrected chi connectivity index (χ2v) is 7.35. The molecule has 0 aliphatic heterocycles. The van der Waals surface area contributed by atoms with Gasteiger partial charge in [0.15, 0.2) is 0 Å². The molecule has 0 spiro atoms. The Bertz CT molecular complexity index is 642. The summed E-state index contributed by atoms with van der Waals surface area (Å²) in [6.07, 6.45) is 3.11. The number of hydrogen-bond acceptors (Lipinski definition) is 3. The fourth-order valence-corrected chi connectivity index (χ4v) is 2.91. The second-order valence-electron chi connectivity index (χ2n) is 5.38. The van der Waals surface area contributed by atoms with Crippen molar-refractivity contribution in [2.75, 3.05) is 13.1 Å².